The van der Waals surface area contributed by atoms with E-state index in [1.807, 2.05) is 6.08 Å². The molecule has 10 atom stereocenters. The van der Waals surface area contributed by atoms with Crippen LogP contribution >= 0.6 is 0 Å². The van der Waals surface area contributed by atoms with Gasteiger partial charge in [0.05, 0.1) is 12.2 Å². The van der Waals surface area contributed by atoms with E-state index in [1.54, 1.807) is 0 Å². The van der Waals surface area contributed by atoms with Crippen molar-refractivity contribution in [1.82, 2.24) is 0 Å². The number of rotatable bonds is 3. The zero-order valence-electron chi connectivity index (χ0n) is 17.7. The highest BCUT2D eigenvalue weighted by atomic mass is 16.4. The van der Waals surface area contributed by atoms with Crippen molar-refractivity contribution in [2.75, 3.05) is 0 Å². The molecular formula is C24H38O4. The van der Waals surface area contributed by atoms with E-state index in [-0.39, 0.29) is 29.0 Å². The van der Waals surface area contributed by atoms with E-state index in [0.29, 0.717) is 29.6 Å². The molecule has 4 aliphatic carbocycles. The molecule has 0 radical (unpaired) electrons. The number of hydrogen-bond donors (Lipinski definition) is 3. The average Bonchev–Trinajstić information content (AvgIpc) is 3.00. The first-order valence-electron chi connectivity index (χ1n) is 11.4. The van der Waals surface area contributed by atoms with Gasteiger partial charge in [0, 0.05) is 6.08 Å². The number of aliphatic carboxylic acids is 1. The molecule has 3 N–H and O–H groups in total. The summed E-state index contributed by atoms with van der Waals surface area (Å²) in [5.41, 5.74) is 0.151. The summed E-state index contributed by atoms with van der Waals surface area (Å²) in [6, 6.07) is 0. The minimum absolute atomic E-state index is 0.110. The van der Waals surface area contributed by atoms with Gasteiger partial charge in [-0.05, 0) is 97.7 Å². The van der Waals surface area contributed by atoms with Crippen LogP contribution in [0.25, 0.3) is 0 Å². The lowest BCUT2D eigenvalue weighted by Gasteiger charge is -2.62. The molecule has 158 valence electrons. The van der Waals surface area contributed by atoms with Gasteiger partial charge in [-0.2, -0.15) is 0 Å². The Morgan fingerprint density at radius 2 is 1.79 bits per heavy atom. The molecule has 0 aromatic rings. The summed E-state index contributed by atoms with van der Waals surface area (Å²) in [6.45, 7) is 6.86. The van der Waals surface area contributed by atoms with E-state index in [9.17, 15) is 15.0 Å². The van der Waals surface area contributed by atoms with Crippen LogP contribution in [0.3, 0.4) is 0 Å². The molecule has 4 rings (SSSR count). The minimum atomic E-state index is -0.887. The summed E-state index contributed by atoms with van der Waals surface area (Å²) < 4.78 is 0. The highest BCUT2D eigenvalue weighted by molar-refractivity contribution is 5.79. The predicted molar refractivity (Wildman–Crippen MR) is 109 cm³/mol. The van der Waals surface area contributed by atoms with Gasteiger partial charge >= 0.3 is 5.97 Å². The highest BCUT2D eigenvalue weighted by Gasteiger charge is 2.63. The molecule has 0 aliphatic heterocycles. The number of carbonyl (C=O) groups is 1. The maximum atomic E-state index is 11.4. The number of carboxylic acid groups (broad SMARTS) is 1. The Kier molecular flexibility index (Phi) is 5.19. The fourth-order valence-electron chi connectivity index (χ4n) is 8.46. The van der Waals surface area contributed by atoms with Crippen LogP contribution in [-0.2, 0) is 4.79 Å². The van der Waals surface area contributed by atoms with Crippen molar-refractivity contribution in [3.63, 3.8) is 0 Å². The van der Waals surface area contributed by atoms with Gasteiger partial charge in [0.15, 0.2) is 0 Å². The largest absolute Gasteiger partial charge is 0.478 e. The summed E-state index contributed by atoms with van der Waals surface area (Å²) in [5.74, 6) is 2.01. The molecule has 28 heavy (non-hydrogen) atoms. The molecule has 0 unspecified atom stereocenters. The topological polar surface area (TPSA) is 77.8 Å². The Balaban J connectivity index is 1.60. The van der Waals surface area contributed by atoms with Gasteiger partial charge in [0.25, 0.3) is 0 Å². The molecule has 0 bridgehead atoms. The molecule has 4 saturated carbocycles. The molecule has 4 heteroatoms. The van der Waals surface area contributed by atoms with Crippen molar-refractivity contribution in [3.05, 3.63) is 12.2 Å². The van der Waals surface area contributed by atoms with Crippen LogP contribution in [0.15, 0.2) is 12.2 Å². The number of fused-ring (bicyclic) bond motifs is 5. The van der Waals surface area contributed by atoms with Gasteiger partial charge in [-0.25, -0.2) is 4.79 Å². The third kappa shape index (κ3) is 2.98. The molecule has 4 aliphatic rings. The van der Waals surface area contributed by atoms with E-state index in [4.69, 9.17) is 5.11 Å². The van der Waals surface area contributed by atoms with Crippen LogP contribution in [0.1, 0.15) is 72.1 Å². The van der Waals surface area contributed by atoms with Gasteiger partial charge in [-0.15, -0.1) is 0 Å². The second kappa shape index (κ2) is 7.12. The van der Waals surface area contributed by atoms with E-state index in [2.05, 4.69) is 20.8 Å². The van der Waals surface area contributed by atoms with Crippen LogP contribution in [0.2, 0.25) is 0 Å². The molecule has 0 heterocycles. The second-order valence-corrected chi connectivity index (χ2v) is 10.9. The standard InChI is InChI=1S/C24H38O4/c1-14(4-9-22(27)28)18-7-8-19-17-6-5-15-12-16(25)10-11-23(15,2)20(17)13-21(26)24(18,19)3/h4,9,14-21,25-26H,5-8,10-13H2,1-3H3,(H,27,28)/b9-4+/t14-,15-,16-,17+,18-,19+,20+,21+,23+,24-/m1/s1. The predicted octanol–water partition coefficient (Wildman–Crippen LogP) is 4.25. The van der Waals surface area contributed by atoms with Crippen LogP contribution in [0.5, 0.6) is 0 Å². The van der Waals surface area contributed by atoms with Gasteiger partial charge in [-0.3, -0.25) is 0 Å². The Labute approximate surface area is 169 Å². The van der Waals surface area contributed by atoms with E-state index >= 15 is 0 Å². The van der Waals surface area contributed by atoms with Crippen LogP contribution in [-0.4, -0.2) is 33.5 Å². The van der Waals surface area contributed by atoms with Crippen LogP contribution < -0.4 is 0 Å². The van der Waals surface area contributed by atoms with Crippen molar-refractivity contribution in [2.45, 2.75) is 84.3 Å². The molecule has 0 aromatic carbocycles. The number of allylic oxidation sites excluding steroid dienone is 1. The number of aliphatic hydroxyl groups excluding tert-OH is 2. The zero-order valence-corrected chi connectivity index (χ0v) is 17.7. The van der Waals surface area contributed by atoms with Crippen molar-refractivity contribution >= 4 is 5.97 Å². The summed E-state index contributed by atoms with van der Waals surface area (Å²) in [4.78, 5) is 11.0. The molecule has 4 fully saturated rings. The Bertz CT molecular complexity index is 645. The van der Waals surface area contributed by atoms with Crippen molar-refractivity contribution in [1.29, 1.82) is 0 Å². The molecule has 0 spiro atoms. The first-order valence-corrected chi connectivity index (χ1v) is 11.4. The zero-order chi connectivity index (χ0) is 20.3. The Morgan fingerprint density at radius 3 is 2.50 bits per heavy atom. The molecule has 0 saturated heterocycles. The van der Waals surface area contributed by atoms with Crippen molar-refractivity contribution < 1.29 is 20.1 Å². The molecule has 4 nitrogen and oxygen atoms in total. The molecule has 0 amide bonds. The first-order chi connectivity index (χ1) is 13.2. The number of carboxylic acids is 1. The maximum Gasteiger partial charge on any atom is 0.327 e. The quantitative estimate of drug-likeness (QED) is 0.630. The Hall–Kier alpha value is -0.870. The smallest absolute Gasteiger partial charge is 0.327 e. The first kappa shape index (κ1) is 20.4. The fourth-order valence-corrected chi connectivity index (χ4v) is 8.46. The summed E-state index contributed by atoms with van der Waals surface area (Å²) in [5, 5.41) is 30.6. The highest BCUT2D eigenvalue weighted by Crippen LogP contribution is 2.68. The lowest BCUT2D eigenvalue weighted by atomic mass is 9.43. The molecular weight excluding hydrogens is 352 g/mol. The van der Waals surface area contributed by atoms with E-state index < -0.39 is 5.97 Å². The van der Waals surface area contributed by atoms with E-state index in [1.165, 1.54) is 18.9 Å². The van der Waals surface area contributed by atoms with Gasteiger partial charge in [0.2, 0.25) is 0 Å². The van der Waals surface area contributed by atoms with Crippen molar-refractivity contribution in [2.24, 2.45) is 46.3 Å². The monoisotopic (exact) mass is 390 g/mol. The average molecular weight is 391 g/mol. The van der Waals surface area contributed by atoms with Crippen LogP contribution in [0, 0.1) is 46.3 Å². The van der Waals surface area contributed by atoms with Gasteiger partial charge in [0.1, 0.15) is 0 Å². The SMILES string of the molecule is C[C@H](/C=C/C(=O)O)[C@H]1CC[C@H]2[C@@H]3CC[C@@H]4C[C@H](O)CC[C@]4(C)[C@H]3C[C@H](O)[C@]12C. The maximum absolute atomic E-state index is 11.4. The second-order valence-electron chi connectivity index (χ2n) is 10.9. The third-order valence-corrected chi connectivity index (χ3v) is 9.99. The number of hydrogen-bond acceptors (Lipinski definition) is 3. The summed E-state index contributed by atoms with van der Waals surface area (Å²) >= 11 is 0. The molecule has 0 aromatic heterocycles. The van der Waals surface area contributed by atoms with Crippen molar-refractivity contribution in [3.8, 4) is 0 Å². The number of aliphatic hydroxyl groups is 2. The van der Waals surface area contributed by atoms with E-state index in [0.717, 1.165) is 38.5 Å². The lowest BCUT2D eigenvalue weighted by molar-refractivity contribution is -0.173. The summed E-state index contributed by atoms with van der Waals surface area (Å²) in [6.07, 6.45) is 11.2. The third-order valence-electron chi connectivity index (χ3n) is 9.99. The fraction of sp³-hybridized carbons (Fsp3) is 0.875. The normalized spacial score (nSPS) is 52.0. The van der Waals surface area contributed by atoms with Crippen LogP contribution in [0.4, 0.5) is 0 Å². The van der Waals surface area contributed by atoms with Gasteiger partial charge < -0.3 is 15.3 Å². The minimum Gasteiger partial charge on any atom is -0.478 e. The summed E-state index contributed by atoms with van der Waals surface area (Å²) in [7, 11) is 0. The lowest BCUT2D eigenvalue weighted by Crippen LogP contribution is -2.58. The Morgan fingerprint density at radius 1 is 1.04 bits per heavy atom. The van der Waals surface area contributed by atoms with Gasteiger partial charge in [-0.1, -0.05) is 26.8 Å².